The molecule has 0 saturated carbocycles. The fourth-order valence-corrected chi connectivity index (χ4v) is 2.60. The van der Waals surface area contributed by atoms with Crippen LogP contribution in [0.15, 0.2) is 28.7 Å². The van der Waals surface area contributed by atoms with E-state index < -0.39 is 0 Å². The van der Waals surface area contributed by atoms with E-state index in [2.05, 4.69) is 20.4 Å². The first-order valence-corrected chi connectivity index (χ1v) is 7.70. The molecule has 0 bridgehead atoms. The summed E-state index contributed by atoms with van der Waals surface area (Å²) in [5.41, 5.74) is 0.884. The maximum atomic E-state index is 5.86. The van der Waals surface area contributed by atoms with Crippen molar-refractivity contribution in [3.05, 3.63) is 35.2 Å². The van der Waals surface area contributed by atoms with Crippen molar-refractivity contribution >= 4 is 11.6 Å². The Bertz CT molecular complexity index is 563. The van der Waals surface area contributed by atoms with Gasteiger partial charge in [0, 0.05) is 23.7 Å². The van der Waals surface area contributed by atoms with Gasteiger partial charge in [0.15, 0.2) is 0 Å². The molecule has 1 aliphatic rings. The van der Waals surface area contributed by atoms with Crippen molar-refractivity contribution in [1.29, 1.82) is 0 Å². The van der Waals surface area contributed by atoms with Crippen LogP contribution in [0.4, 0.5) is 0 Å². The molecule has 1 N–H and O–H groups in total. The fourth-order valence-electron chi connectivity index (χ4n) is 2.47. The Labute approximate surface area is 129 Å². The number of nitrogens with one attached hydrogen (secondary N) is 1. The van der Waals surface area contributed by atoms with Gasteiger partial charge in [0.1, 0.15) is 0 Å². The predicted octanol–water partition coefficient (Wildman–Crippen LogP) is 2.58. The van der Waals surface area contributed by atoms with Gasteiger partial charge in [0.05, 0.1) is 6.54 Å². The van der Waals surface area contributed by atoms with Gasteiger partial charge in [-0.3, -0.25) is 0 Å². The lowest BCUT2D eigenvalue weighted by atomic mass is 10.2. The van der Waals surface area contributed by atoms with Crippen molar-refractivity contribution in [2.24, 2.45) is 0 Å². The molecule has 0 unspecified atom stereocenters. The SMILES string of the molecule is Clc1ccc(-c2nnc(CNCCN3CCCC3)o2)cc1. The molecule has 0 radical (unpaired) electrons. The summed E-state index contributed by atoms with van der Waals surface area (Å²) in [6.07, 6.45) is 2.65. The number of likely N-dealkylation sites (tertiary alicyclic amines) is 1. The van der Waals surface area contributed by atoms with Crippen LogP contribution >= 0.6 is 11.6 Å². The molecule has 21 heavy (non-hydrogen) atoms. The van der Waals surface area contributed by atoms with E-state index in [0.717, 1.165) is 18.7 Å². The van der Waals surface area contributed by atoms with Crippen molar-refractivity contribution in [1.82, 2.24) is 20.4 Å². The molecule has 1 aliphatic heterocycles. The zero-order valence-electron chi connectivity index (χ0n) is 11.9. The summed E-state index contributed by atoms with van der Waals surface area (Å²) in [6.45, 7) is 5.08. The summed E-state index contributed by atoms with van der Waals surface area (Å²) < 4.78 is 5.64. The predicted molar refractivity (Wildman–Crippen MR) is 82.1 cm³/mol. The minimum absolute atomic E-state index is 0.531. The van der Waals surface area contributed by atoms with Crippen LogP contribution in [-0.2, 0) is 6.54 Å². The molecule has 1 fully saturated rings. The van der Waals surface area contributed by atoms with Crippen molar-refractivity contribution in [3.8, 4) is 11.5 Å². The summed E-state index contributed by atoms with van der Waals surface area (Å²) in [7, 11) is 0. The average molecular weight is 307 g/mol. The van der Waals surface area contributed by atoms with E-state index in [9.17, 15) is 0 Å². The first-order chi connectivity index (χ1) is 10.3. The summed E-state index contributed by atoms with van der Waals surface area (Å²) in [5, 5.41) is 12.2. The van der Waals surface area contributed by atoms with Gasteiger partial charge < -0.3 is 14.6 Å². The molecule has 2 heterocycles. The lowest BCUT2D eigenvalue weighted by molar-refractivity contribution is 0.332. The third-order valence-electron chi connectivity index (χ3n) is 3.64. The minimum atomic E-state index is 0.531. The molecule has 6 heteroatoms. The quantitative estimate of drug-likeness (QED) is 0.831. The van der Waals surface area contributed by atoms with Crippen molar-refractivity contribution < 1.29 is 4.42 Å². The molecule has 0 amide bonds. The van der Waals surface area contributed by atoms with E-state index in [1.165, 1.54) is 25.9 Å². The number of rotatable bonds is 6. The molecule has 1 aromatic carbocycles. The Morgan fingerprint density at radius 2 is 1.90 bits per heavy atom. The topological polar surface area (TPSA) is 54.2 Å². The summed E-state index contributed by atoms with van der Waals surface area (Å²) in [6, 6.07) is 7.38. The molecule has 3 rings (SSSR count). The van der Waals surface area contributed by atoms with Crippen LogP contribution in [0.3, 0.4) is 0 Å². The maximum Gasteiger partial charge on any atom is 0.247 e. The summed E-state index contributed by atoms with van der Waals surface area (Å²) >= 11 is 5.86. The van der Waals surface area contributed by atoms with Crippen molar-refractivity contribution in [2.45, 2.75) is 19.4 Å². The number of hydrogen-bond acceptors (Lipinski definition) is 5. The molecular weight excluding hydrogens is 288 g/mol. The van der Waals surface area contributed by atoms with Crippen LogP contribution in [0, 0.1) is 0 Å². The monoisotopic (exact) mass is 306 g/mol. The van der Waals surface area contributed by atoms with Gasteiger partial charge in [-0.25, -0.2) is 0 Å². The van der Waals surface area contributed by atoms with E-state index in [-0.39, 0.29) is 0 Å². The second-order valence-electron chi connectivity index (χ2n) is 5.23. The van der Waals surface area contributed by atoms with Crippen molar-refractivity contribution in [2.75, 3.05) is 26.2 Å². The Balaban J connectivity index is 1.47. The molecule has 0 atom stereocenters. The molecule has 0 spiro atoms. The third-order valence-corrected chi connectivity index (χ3v) is 3.89. The van der Waals surface area contributed by atoms with E-state index in [4.69, 9.17) is 16.0 Å². The highest BCUT2D eigenvalue weighted by atomic mass is 35.5. The standard InChI is InChI=1S/C15H19ClN4O/c16-13-5-3-12(4-6-13)15-19-18-14(21-15)11-17-7-10-20-8-1-2-9-20/h3-6,17H,1-2,7-11H2. The highest BCUT2D eigenvalue weighted by molar-refractivity contribution is 6.30. The second kappa shape index (κ2) is 7.02. The first-order valence-electron chi connectivity index (χ1n) is 7.33. The first kappa shape index (κ1) is 14.5. The van der Waals surface area contributed by atoms with Gasteiger partial charge in [-0.2, -0.15) is 0 Å². The number of aromatic nitrogens is 2. The molecule has 112 valence electrons. The Morgan fingerprint density at radius 1 is 1.14 bits per heavy atom. The molecule has 1 aromatic heterocycles. The van der Waals surface area contributed by atoms with E-state index in [1.807, 2.05) is 24.3 Å². The van der Waals surface area contributed by atoms with Gasteiger partial charge in [-0.1, -0.05) is 11.6 Å². The third kappa shape index (κ3) is 4.03. The Hall–Kier alpha value is -1.43. The molecule has 5 nitrogen and oxygen atoms in total. The van der Waals surface area contributed by atoms with Crippen LogP contribution in [0.1, 0.15) is 18.7 Å². The molecule has 0 aliphatic carbocycles. The van der Waals surface area contributed by atoms with Gasteiger partial charge >= 0.3 is 0 Å². The molecular formula is C15H19ClN4O. The minimum Gasteiger partial charge on any atom is -0.419 e. The van der Waals surface area contributed by atoms with Gasteiger partial charge in [0.25, 0.3) is 0 Å². The normalized spacial score (nSPS) is 15.7. The number of nitrogens with zero attached hydrogens (tertiary/aromatic N) is 3. The number of benzene rings is 1. The Morgan fingerprint density at radius 3 is 2.67 bits per heavy atom. The van der Waals surface area contributed by atoms with Gasteiger partial charge in [0.2, 0.25) is 11.8 Å². The Kier molecular flexibility index (Phi) is 4.85. The van der Waals surface area contributed by atoms with Crippen LogP contribution in [0.25, 0.3) is 11.5 Å². The largest absolute Gasteiger partial charge is 0.419 e. The van der Waals surface area contributed by atoms with Crippen LogP contribution in [0.2, 0.25) is 5.02 Å². The zero-order valence-corrected chi connectivity index (χ0v) is 12.6. The van der Waals surface area contributed by atoms with E-state index in [0.29, 0.717) is 23.3 Å². The second-order valence-corrected chi connectivity index (χ2v) is 5.67. The lowest BCUT2D eigenvalue weighted by Gasteiger charge is -2.13. The number of halogens is 1. The zero-order chi connectivity index (χ0) is 14.5. The maximum absolute atomic E-state index is 5.86. The van der Waals surface area contributed by atoms with Gasteiger partial charge in [-0.15, -0.1) is 10.2 Å². The van der Waals surface area contributed by atoms with E-state index in [1.54, 1.807) is 0 Å². The van der Waals surface area contributed by atoms with E-state index >= 15 is 0 Å². The van der Waals surface area contributed by atoms with Crippen LogP contribution < -0.4 is 5.32 Å². The van der Waals surface area contributed by atoms with Crippen LogP contribution in [-0.4, -0.2) is 41.3 Å². The average Bonchev–Trinajstić information content (AvgIpc) is 3.16. The van der Waals surface area contributed by atoms with Crippen molar-refractivity contribution in [3.63, 3.8) is 0 Å². The molecule has 2 aromatic rings. The molecule has 1 saturated heterocycles. The smallest absolute Gasteiger partial charge is 0.247 e. The van der Waals surface area contributed by atoms with Gasteiger partial charge in [-0.05, 0) is 50.2 Å². The summed E-state index contributed by atoms with van der Waals surface area (Å²) in [5.74, 6) is 1.14. The highest BCUT2D eigenvalue weighted by Crippen LogP contribution is 2.20. The summed E-state index contributed by atoms with van der Waals surface area (Å²) in [4.78, 5) is 2.47. The lowest BCUT2D eigenvalue weighted by Crippen LogP contribution is -2.29. The highest BCUT2D eigenvalue weighted by Gasteiger charge is 2.11. The van der Waals surface area contributed by atoms with Crippen LogP contribution in [0.5, 0.6) is 0 Å². The fraction of sp³-hybridized carbons (Fsp3) is 0.467. The number of hydrogen-bond donors (Lipinski definition) is 1.